The van der Waals surface area contributed by atoms with E-state index < -0.39 is 11.6 Å². The van der Waals surface area contributed by atoms with Crippen molar-refractivity contribution in [3.63, 3.8) is 0 Å². The first-order chi connectivity index (χ1) is 13.6. The van der Waals surface area contributed by atoms with E-state index in [1.165, 1.54) is 6.07 Å². The Bertz CT molecular complexity index is 698. The molecule has 0 aromatic heterocycles. The Hall–Kier alpha value is -2.22. The Labute approximate surface area is 165 Å². The smallest absolute Gasteiger partial charge is 0.236 e. The van der Waals surface area contributed by atoms with Gasteiger partial charge in [-0.1, -0.05) is 0 Å². The van der Waals surface area contributed by atoms with Crippen LogP contribution in [0.2, 0.25) is 0 Å². The van der Waals surface area contributed by atoms with Crippen molar-refractivity contribution < 1.29 is 13.6 Å². The topological polar surface area (TPSA) is 51.2 Å². The van der Waals surface area contributed by atoms with Gasteiger partial charge in [0, 0.05) is 52.9 Å². The standard InChI is InChI=1S/C20H29F2N5O/c1-23-20(24-7-6-16-14-17(21)4-5-18(16)22)27-12-10-25(11-13-27)15-19(28)26-8-2-3-9-26/h4-5,14H,2-3,6-13,15H2,1H3,(H,23,24). The van der Waals surface area contributed by atoms with Gasteiger partial charge in [0.2, 0.25) is 5.91 Å². The minimum atomic E-state index is -0.430. The van der Waals surface area contributed by atoms with Crippen LogP contribution < -0.4 is 5.32 Å². The number of hydrogen-bond donors (Lipinski definition) is 1. The predicted molar refractivity (Wildman–Crippen MR) is 105 cm³/mol. The molecule has 0 bridgehead atoms. The molecule has 1 N–H and O–H groups in total. The van der Waals surface area contributed by atoms with Gasteiger partial charge >= 0.3 is 0 Å². The van der Waals surface area contributed by atoms with Crippen LogP contribution in [0.15, 0.2) is 23.2 Å². The summed E-state index contributed by atoms with van der Waals surface area (Å²) in [6.07, 6.45) is 2.61. The molecule has 0 unspecified atom stereocenters. The maximum atomic E-state index is 13.7. The molecule has 0 spiro atoms. The first-order valence-corrected chi connectivity index (χ1v) is 9.96. The van der Waals surface area contributed by atoms with E-state index in [1.54, 1.807) is 7.05 Å². The summed E-state index contributed by atoms with van der Waals surface area (Å²) in [7, 11) is 1.72. The molecule has 1 aromatic carbocycles. The number of nitrogens with zero attached hydrogens (tertiary/aromatic N) is 4. The lowest BCUT2D eigenvalue weighted by molar-refractivity contribution is -0.131. The van der Waals surface area contributed by atoms with Crippen LogP contribution in [0.4, 0.5) is 8.78 Å². The molecule has 0 atom stereocenters. The number of piperazine rings is 1. The lowest BCUT2D eigenvalue weighted by atomic mass is 10.1. The number of hydrogen-bond acceptors (Lipinski definition) is 3. The van der Waals surface area contributed by atoms with Gasteiger partial charge in [-0.2, -0.15) is 0 Å². The van der Waals surface area contributed by atoms with Crippen LogP contribution in [-0.2, 0) is 11.2 Å². The number of halogens is 2. The highest BCUT2D eigenvalue weighted by molar-refractivity contribution is 5.80. The molecule has 1 amide bonds. The van der Waals surface area contributed by atoms with Crippen LogP contribution in [-0.4, -0.2) is 86.0 Å². The van der Waals surface area contributed by atoms with Crippen LogP contribution >= 0.6 is 0 Å². The van der Waals surface area contributed by atoms with Gasteiger partial charge in [0.15, 0.2) is 5.96 Å². The van der Waals surface area contributed by atoms with E-state index in [1.807, 2.05) is 4.90 Å². The van der Waals surface area contributed by atoms with Crippen LogP contribution in [0, 0.1) is 11.6 Å². The van der Waals surface area contributed by atoms with Crippen molar-refractivity contribution in [3.8, 4) is 0 Å². The maximum absolute atomic E-state index is 13.7. The predicted octanol–water partition coefficient (Wildman–Crippen LogP) is 1.32. The summed E-state index contributed by atoms with van der Waals surface area (Å²) in [5, 5.41) is 3.23. The number of benzene rings is 1. The molecule has 2 saturated heterocycles. The van der Waals surface area contributed by atoms with Gasteiger partial charge in [-0.25, -0.2) is 8.78 Å². The number of guanidine groups is 1. The third kappa shape index (κ3) is 5.41. The lowest BCUT2D eigenvalue weighted by Crippen LogP contribution is -2.54. The van der Waals surface area contributed by atoms with Crippen molar-refractivity contribution in [2.45, 2.75) is 19.3 Å². The summed E-state index contributed by atoms with van der Waals surface area (Å²) in [4.78, 5) is 22.9. The maximum Gasteiger partial charge on any atom is 0.236 e. The molecule has 0 saturated carbocycles. The summed E-state index contributed by atoms with van der Waals surface area (Å²) in [5.74, 6) is 0.155. The van der Waals surface area contributed by atoms with E-state index in [4.69, 9.17) is 0 Å². The second kappa shape index (κ2) is 9.82. The number of carbonyl (C=O) groups is 1. The minimum Gasteiger partial charge on any atom is -0.356 e. The van der Waals surface area contributed by atoms with Gasteiger partial charge < -0.3 is 15.1 Å². The van der Waals surface area contributed by atoms with Gasteiger partial charge in [0.1, 0.15) is 11.6 Å². The minimum absolute atomic E-state index is 0.227. The fourth-order valence-corrected chi connectivity index (χ4v) is 3.75. The van der Waals surface area contributed by atoms with Gasteiger partial charge in [0.05, 0.1) is 6.54 Å². The van der Waals surface area contributed by atoms with Crippen molar-refractivity contribution in [3.05, 3.63) is 35.4 Å². The van der Waals surface area contributed by atoms with Crippen molar-refractivity contribution in [2.75, 3.05) is 59.4 Å². The molecule has 2 fully saturated rings. The molecule has 28 heavy (non-hydrogen) atoms. The van der Waals surface area contributed by atoms with E-state index in [2.05, 4.69) is 20.1 Å². The van der Waals surface area contributed by atoms with E-state index in [9.17, 15) is 13.6 Å². The Kier molecular flexibility index (Phi) is 7.19. The van der Waals surface area contributed by atoms with Crippen LogP contribution in [0.5, 0.6) is 0 Å². The first-order valence-electron chi connectivity index (χ1n) is 9.96. The zero-order valence-corrected chi connectivity index (χ0v) is 16.5. The van der Waals surface area contributed by atoms with Crippen molar-refractivity contribution in [1.82, 2.24) is 20.0 Å². The molecule has 6 nitrogen and oxygen atoms in total. The Balaban J connectivity index is 1.42. The Morgan fingerprint density at radius 1 is 1.07 bits per heavy atom. The number of likely N-dealkylation sites (tertiary alicyclic amines) is 1. The molecule has 3 rings (SSSR count). The van der Waals surface area contributed by atoms with E-state index in [0.29, 0.717) is 25.1 Å². The summed E-state index contributed by atoms with van der Waals surface area (Å²) in [6, 6.07) is 3.51. The molecule has 154 valence electrons. The number of rotatable bonds is 5. The highest BCUT2D eigenvalue weighted by Gasteiger charge is 2.24. The van der Waals surface area contributed by atoms with Crippen LogP contribution in [0.25, 0.3) is 0 Å². The van der Waals surface area contributed by atoms with E-state index in [-0.39, 0.29) is 5.91 Å². The van der Waals surface area contributed by atoms with Gasteiger partial charge in [-0.15, -0.1) is 0 Å². The lowest BCUT2D eigenvalue weighted by Gasteiger charge is -2.36. The van der Waals surface area contributed by atoms with E-state index >= 15 is 0 Å². The summed E-state index contributed by atoms with van der Waals surface area (Å²) in [6.45, 7) is 5.90. The third-order valence-corrected chi connectivity index (χ3v) is 5.39. The monoisotopic (exact) mass is 393 g/mol. The largest absolute Gasteiger partial charge is 0.356 e. The molecule has 0 radical (unpaired) electrons. The summed E-state index contributed by atoms with van der Waals surface area (Å²) < 4.78 is 27.0. The fraction of sp³-hybridized carbons (Fsp3) is 0.600. The highest BCUT2D eigenvalue weighted by Crippen LogP contribution is 2.11. The molecule has 2 aliphatic heterocycles. The molecular weight excluding hydrogens is 364 g/mol. The fourth-order valence-electron chi connectivity index (χ4n) is 3.75. The zero-order valence-electron chi connectivity index (χ0n) is 16.5. The molecular formula is C20H29F2N5O. The average Bonchev–Trinajstić information content (AvgIpc) is 3.24. The van der Waals surface area contributed by atoms with Crippen molar-refractivity contribution >= 4 is 11.9 Å². The van der Waals surface area contributed by atoms with E-state index in [0.717, 1.165) is 70.2 Å². The Morgan fingerprint density at radius 2 is 1.79 bits per heavy atom. The average molecular weight is 393 g/mol. The van der Waals surface area contributed by atoms with Crippen LogP contribution in [0.1, 0.15) is 18.4 Å². The first kappa shape index (κ1) is 20.5. The third-order valence-electron chi connectivity index (χ3n) is 5.39. The number of carbonyl (C=O) groups excluding carboxylic acids is 1. The molecule has 1 aromatic rings. The molecule has 2 heterocycles. The summed E-state index contributed by atoms with van der Waals surface area (Å²) >= 11 is 0. The number of nitrogens with one attached hydrogen (secondary N) is 1. The second-order valence-electron chi connectivity index (χ2n) is 7.31. The van der Waals surface area contributed by atoms with Crippen molar-refractivity contribution in [2.24, 2.45) is 4.99 Å². The van der Waals surface area contributed by atoms with Gasteiger partial charge in [0.25, 0.3) is 0 Å². The molecule has 0 aliphatic carbocycles. The quantitative estimate of drug-likeness (QED) is 0.606. The second-order valence-corrected chi connectivity index (χ2v) is 7.31. The number of amides is 1. The van der Waals surface area contributed by atoms with Crippen LogP contribution in [0.3, 0.4) is 0 Å². The highest BCUT2D eigenvalue weighted by atomic mass is 19.1. The van der Waals surface area contributed by atoms with Gasteiger partial charge in [-0.3, -0.25) is 14.7 Å². The van der Waals surface area contributed by atoms with Crippen molar-refractivity contribution in [1.29, 1.82) is 0 Å². The van der Waals surface area contributed by atoms with Gasteiger partial charge in [-0.05, 0) is 43.0 Å². The summed E-state index contributed by atoms with van der Waals surface area (Å²) in [5.41, 5.74) is 0.355. The Morgan fingerprint density at radius 3 is 2.46 bits per heavy atom. The molecule has 8 heteroatoms. The molecule has 2 aliphatic rings. The SMILES string of the molecule is CN=C(NCCc1cc(F)ccc1F)N1CCN(CC(=O)N2CCCC2)CC1. The number of aliphatic imine (C=N–C) groups is 1. The normalized spacial score (nSPS) is 18.6. The zero-order chi connectivity index (χ0) is 19.9.